The van der Waals surface area contributed by atoms with Gasteiger partial charge in [-0.05, 0) is 51.5 Å². The molecule has 1 N–H and O–H groups in total. The van der Waals surface area contributed by atoms with E-state index in [1.807, 2.05) is 0 Å². The number of amides is 1. The number of ether oxygens (including phenoxy) is 1. The maximum absolute atomic E-state index is 13.2. The van der Waals surface area contributed by atoms with Gasteiger partial charge in [-0.2, -0.15) is 13.2 Å². The zero-order valence-corrected chi connectivity index (χ0v) is 14.4. The highest BCUT2D eigenvalue weighted by Gasteiger charge is 2.33. The summed E-state index contributed by atoms with van der Waals surface area (Å²) in [6.45, 7) is -3.21. The first-order valence-corrected chi connectivity index (χ1v) is 7.40. The summed E-state index contributed by atoms with van der Waals surface area (Å²) in [6, 6.07) is -5.12. The molecule has 0 spiro atoms. The average Bonchev–Trinajstić information content (AvgIpc) is 2.69. The van der Waals surface area contributed by atoms with Crippen LogP contribution in [0.4, 0.5) is 23.8 Å². The van der Waals surface area contributed by atoms with Gasteiger partial charge in [0.1, 0.15) is 11.4 Å². The summed E-state index contributed by atoms with van der Waals surface area (Å²) < 4.78 is 145. The van der Waals surface area contributed by atoms with Crippen LogP contribution in [0.3, 0.4) is 0 Å². The van der Waals surface area contributed by atoms with E-state index in [9.17, 15) is 18.0 Å². The molecule has 8 heteroatoms. The molecule has 0 radical (unpaired) electrons. The Kier molecular flexibility index (Phi) is 2.75. The van der Waals surface area contributed by atoms with E-state index >= 15 is 0 Å². The van der Waals surface area contributed by atoms with Crippen molar-refractivity contribution in [2.24, 2.45) is 5.89 Å². The smallest absolute Gasteiger partial charge is 0.417 e. The Morgan fingerprint density at radius 1 is 1.58 bits per heavy atom. The van der Waals surface area contributed by atoms with E-state index in [2.05, 4.69) is 4.98 Å². The van der Waals surface area contributed by atoms with E-state index in [1.165, 1.54) is 20.8 Å². The Bertz CT molecular complexity index is 1110. The number of aromatic nitrogens is 1. The van der Waals surface area contributed by atoms with Gasteiger partial charge in [0.2, 0.25) is 0 Å². The van der Waals surface area contributed by atoms with Gasteiger partial charge in [-0.15, -0.1) is 0 Å². The lowest BCUT2D eigenvalue weighted by atomic mass is 9.94. The molecule has 1 aliphatic heterocycles. The summed E-state index contributed by atoms with van der Waals surface area (Å²) in [4.78, 5) is 16.0. The highest BCUT2D eigenvalue weighted by atomic mass is 19.4. The number of anilines is 1. The molecule has 2 atom stereocenters. The topological polar surface area (TPSA) is 54.5 Å². The standard InChI is InChI=1S/C18H26F3N3O2/c1-12-5-7-14(24(11-12)16(25)26-17(2,3)4)10-23-15-8-6-13(9-22-15)18(19,20)21/h6,8-9,12,14H,5,7,10-11H2,1-4H3,(H,22,23)/t12-,14-/m0/s1/i5D2,7D2,8D,10D2,11D2,12D,14D/hD. The summed E-state index contributed by atoms with van der Waals surface area (Å²) in [5.41, 5.74) is -2.88. The number of rotatable bonds is 3. The maximum atomic E-state index is 13.2. The third kappa shape index (κ3) is 5.78. The minimum atomic E-state index is -4.97. The lowest BCUT2D eigenvalue weighted by Gasteiger charge is -2.39. The number of piperidine rings is 1. The van der Waals surface area contributed by atoms with Gasteiger partial charge in [0.15, 0.2) is 1.41 Å². The maximum Gasteiger partial charge on any atom is 0.417 e. The van der Waals surface area contributed by atoms with E-state index in [-0.39, 0.29) is 12.3 Å². The van der Waals surface area contributed by atoms with Crippen LogP contribution in [0.15, 0.2) is 18.3 Å². The third-order valence-electron chi connectivity index (χ3n) is 2.73. The van der Waals surface area contributed by atoms with Gasteiger partial charge in [-0.1, -0.05) is 6.92 Å². The molecule has 1 amide bonds. The van der Waals surface area contributed by atoms with E-state index < -0.39 is 83.2 Å². The molecular weight excluding hydrogens is 347 g/mol. The summed E-state index contributed by atoms with van der Waals surface area (Å²) >= 11 is 0. The van der Waals surface area contributed by atoms with Crippen molar-refractivity contribution >= 4 is 11.9 Å². The number of likely N-dealkylation sites (tertiary alicyclic amines) is 1. The fraction of sp³-hybridized carbons (Fsp3) is 0.667. The number of hydrogen-bond donors (Lipinski definition) is 1. The second kappa shape index (κ2) is 7.72. The largest absolute Gasteiger partial charge is 0.444 e. The predicted molar refractivity (Wildman–Crippen MR) is 92.9 cm³/mol. The molecule has 1 aliphatic rings. The quantitative estimate of drug-likeness (QED) is 0.829. The van der Waals surface area contributed by atoms with Crippen molar-refractivity contribution < 1.29 is 39.2 Å². The minimum absolute atomic E-state index is 0.141. The highest BCUT2D eigenvalue weighted by Crippen LogP contribution is 2.29. The number of carbonyl (C=O) groups is 1. The van der Waals surface area contributed by atoms with Crippen molar-refractivity contribution in [3.8, 4) is 0 Å². The number of nitrogens with one attached hydrogen (secondary N) is 1. The van der Waals surface area contributed by atoms with Crippen molar-refractivity contribution in [2.75, 3.05) is 18.3 Å². The van der Waals surface area contributed by atoms with Crippen molar-refractivity contribution in [2.45, 2.75) is 58.2 Å². The van der Waals surface area contributed by atoms with Crippen LogP contribution in [0.25, 0.3) is 0 Å². The van der Waals surface area contributed by atoms with Gasteiger partial charge in [0.05, 0.1) is 17.1 Å². The molecule has 2 rings (SSSR count). The van der Waals surface area contributed by atoms with Gasteiger partial charge in [-0.25, -0.2) is 9.78 Å². The highest BCUT2D eigenvalue weighted by molar-refractivity contribution is 5.68. The predicted octanol–water partition coefficient (Wildman–Crippen LogP) is 4.55. The van der Waals surface area contributed by atoms with Crippen molar-refractivity contribution in [1.82, 2.24) is 9.88 Å². The molecule has 1 saturated heterocycles. The molecule has 0 saturated carbocycles. The van der Waals surface area contributed by atoms with Crippen LogP contribution in [0.5, 0.6) is 0 Å². The molecule has 1 aromatic heterocycles. The van der Waals surface area contributed by atoms with E-state index in [0.29, 0.717) is 6.92 Å². The second-order valence-corrected chi connectivity index (χ2v) is 6.20. The summed E-state index contributed by atoms with van der Waals surface area (Å²) in [5, 5.41) is -0.504. The van der Waals surface area contributed by atoms with Gasteiger partial charge in [-0.3, -0.25) is 0 Å². The van der Waals surface area contributed by atoms with Crippen molar-refractivity contribution in [3.63, 3.8) is 0 Å². The number of alkyl halides is 3. The molecule has 26 heavy (non-hydrogen) atoms. The molecule has 0 unspecified atom stereocenters. The first-order valence-electron chi connectivity index (χ1n) is 13.3. The van der Waals surface area contributed by atoms with Gasteiger partial charge in [0.25, 0.3) is 0 Å². The molecule has 0 bridgehead atoms. The number of halogens is 3. The Balaban J connectivity index is 2.91. The molecule has 146 valence electrons. The molecule has 5 nitrogen and oxygen atoms in total. The zero-order valence-electron chi connectivity index (χ0n) is 26.4. The van der Waals surface area contributed by atoms with E-state index in [0.717, 1.165) is 0 Å². The minimum Gasteiger partial charge on any atom is -0.444 e. The summed E-state index contributed by atoms with van der Waals surface area (Å²) in [6.07, 6.45) is -14.4. The Morgan fingerprint density at radius 3 is 2.85 bits per heavy atom. The van der Waals surface area contributed by atoms with Crippen LogP contribution >= 0.6 is 0 Å². The molecule has 1 fully saturated rings. The second-order valence-electron chi connectivity index (χ2n) is 6.20. The van der Waals surface area contributed by atoms with Crippen LogP contribution < -0.4 is 5.31 Å². The number of pyridine rings is 1. The average molecular weight is 385 g/mol. The number of carbonyl (C=O) groups excluding carboxylic acids is 1. The fourth-order valence-corrected chi connectivity index (χ4v) is 1.65. The fourth-order valence-electron chi connectivity index (χ4n) is 1.65. The van der Waals surface area contributed by atoms with Crippen LogP contribution in [-0.2, 0) is 10.9 Å². The number of nitrogens with zero attached hydrogens (tertiary/aromatic N) is 2. The van der Waals surface area contributed by atoms with E-state index in [4.69, 9.17) is 21.2 Å². The molecule has 0 aromatic carbocycles. The first-order chi connectivity index (χ1) is 16.5. The molecular formula is C18H26F3N3O2. The summed E-state index contributed by atoms with van der Waals surface area (Å²) in [5.74, 6) is -4.38. The Morgan fingerprint density at radius 2 is 2.27 bits per heavy atom. The van der Waals surface area contributed by atoms with E-state index in [1.54, 1.807) is 0 Å². The monoisotopic (exact) mass is 385 g/mol. The van der Waals surface area contributed by atoms with Crippen LogP contribution in [0, 0.1) is 5.89 Å². The SMILES string of the molecule is [2H]c1cc(C(F)(F)F)cnc1N([2H])C([2H])([2H])[C@@]1([2H])N(C(=O)OC(C)(C)C)C([2H])([2H])[C@@]([2H])(C)C([2H])([2H])C1([2H])[2H]. The Hall–Kier alpha value is -1.99. The molecule has 1 aromatic rings. The van der Waals surface area contributed by atoms with Gasteiger partial charge >= 0.3 is 12.3 Å². The lowest BCUT2D eigenvalue weighted by molar-refractivity contribution is -0.137. The third-order valence-corrected chi connectivity index (χ3v) is 2.73. The lowest BCUT2D eigenvalue weighted by Crippen LogP contribution is -2.51. The van der Waals surface area contributed by atoms with Gasteiger partial charge < -0.3 is 14.9 Å². The molecule has 2 heterocycles. The molecule has 0 aliphatic carbocycles. The summed E-state index contributed by atoms with van der Waals surface area (Å²) in [7, 11) is 0. The zero-order chi connectivity index (χ0) is 30.3. The van der Waals surface area contributed by atoms with Gasteiger partial charge in [0, 0.05) is 28.8 Å². The van der Waals surface area contributed by atoms with Crippen molar-refractivity contribution in [1.29, 1.82) is 0 Å². The first kappa shape index (κ1) is 9.28. The Labute approximate surface area is 168 Å². The van der Waals surface area contributed by atoms with Crippen LogP contribution in [0.1, 0.15) is 61.1 Å². The van der Waals surface area contributed by atoms with Crippen molar-refractivity contribution in [3.05, 3.63) is 23.9 Å². The number of hydrogen-bond acceptors (Lipinski definition) is 4. The normalized spacial score (nSPS) is 40.2. The van der Waals surface area contributed by atoms with Crippen LogP contribution in [0.2, 0.25) is 1.41 Å². The van der Waals surface area contributed by atoms with Crippen LogP contribution in [-0.4, -0.2) is 40.6 Å².